The highest BCUT2D eigenvalue weighted by atomic mass is 79.9. The fraction of sp³-hybridized carbons (Fsp3) is 0.0909. The maximum Gasteiger partial charge on any atom is 0.342 e. The summed E-state index contributed by atoms with van der Waals surface area (Å²) in [5, 5.41) is 22.0. The van der Waals surface area contributed by atoms with E-state index >= 15 is 0 Å². The van der Waals surface area contributed by atoms with Gasteiger partial charge in [-0.1, -0.05) is 34.1 Å². The number of benzene rings is 2. The van der Waals surface area contributed by atoms with Gasteiger partial charge in [-0.3, -0.25) is 9.59 Å². The molecule has 0 aliphatic heterocycles. The molecule has 0 unspecified atom stereocenters. The van der Waals surface area contributed by atoms with E-state index in [-0.39, 0.29) is 11.3 Å². The Bertz CT molecular complexity index is 1330. The first kappa shape index (κ1) is 23.5. The summed E-state index contributed by atoms with van der Waals surface area (Å²) in [5.41, 5.74) is 4.13. The lowest BCUT2D eigenvalue weighted by Crippen LogP contribution is -2.25. The molecular formula is C22H18BrN3O7. The molecule has 2 aromatic carbocycles. The Balaban J connectivity index is 2.06. The zero-order valence-corrected chi connectivity index (χ0v) is 18.7. The second-order valence-electron chi connectivity index (χ2n) is 6.90. The number of anilines is 2. The van der Waals surface area contributed by atoms with Crippen molar-refractivity contribution in [1.82, 2.24) is 4.98 Å². The van der Waals surface area contributed by atoms with Crippen molar-refractivity contribution >= 4 is 45.3 Å². The molecule has 0 atom stereocenters. The lowest BCUT2D eigenvalue weighted by atomic mass is 9.94. The molecule has 11 heteroatoms. The molecular weight excluding hydrogens is 498 g/mol. The van der Waals surface area contributed by atoms with Gasteiger partial charge in [0, 0.05) is 21.3 Å². The average molecular weight is 516 g/mol. The van der Waals surface area contributed by atoms with E-state index in [9.17, 15) is 29.4 Å². The SMILES string of the molecule is Cc1ccccc1NC(=O)COc1ccc(Br)cc1-c1c(C(=O)O)c(N)[nH]c(=O)c1C(=O)O. The van der Waals surface area contributed by atoms with Crippen molar-refractivity contribution < 1.29 is 29.3 Å². The second kappa shape index (κ2) is 9.57. The molecule has 10 nitrogen and oxygen atoms in total. The van der Waals surface area contributed by atoms with Crippen molar-refractivity contribution in [2.75, 3.05) is 17.7 Å². The van der Waals surface area contributed by atoms with Gasteiger partial charge in [-0.15, -0.1) is 0 Å². The Kier molecular flexibility index (Phi) is 6.83. The first-order valence-corrected chi connectivity index (χ1v) is 10.2. The summed E-state index contributed by atoms with van der Waals surface area (Å²) in [6, 6.07) is 11.5. The Morgan fingerprint density at radius 2 is 1.76 bits per heavy atom. The Hall–Kier alpha value is -4.12. The van der Waals surface area contributed by atoms with Gasteiger partial charge in [0.1, 0.15) is 22.7 Å². The van der Waals surface area contributed by atoms with E-state index < -0.39 is 52.5 Å². The number of carbonyl (C=O) groups excluding carboxylic acids is 1. The van der Waals surface area contributed by atoms with Crippen molar-refractivity contribution in [3.63, 3.8) is 0 Å². The van der Waals surface area contributed by atoms with E-state index in [0.717, 1.165) is 5.56 Å². The van der Waals surface area contributed by atoms with E-state index in [0.29, 0.717) is 10.2 Å². The smallest absolute Gasteiger partial charge is 0.342 e. The molecule has 1 amide bonds. The number of aromatic nitrogens is 1. The van der Waals surface area contributed by atoms with E-state index in [1.165, 1.54) is 12.1 Å². The van der Waals surface area contributed by atoms with Gasteiger partial charge in [0.15, 0.2) is 6.61 Å². The number of nitrogen functional groups attached to an aromatic ring is 1. The molecule has 3 aromatic rings. The van der Waals surface area contributed by atoms with Crippen molar-refractivity contribution in [1.29, 1.82) is 0 Å². The molecule has 1 heterocycles. The van der Waals surface area contributed by atoms with Gasteiger partial charge in [-0.2, -0.15) is 0 Å². The first-order valence-electron chi connectivity index (χ1n) is 9.40. The summed E-state index contributed by atoms with van der Waals surface area (Å²) in [5.74, 6) is -4.24. The third-order valence-corrected chi connectivity index (χ3v) is 5.15. The number of halogens is 1. The van der Waals surface area contributed by atoms with E-state index in [1.54, 1.807) is 18.2 Å². The van der Waals surface area contributed by atoms with Crippen LogP contribution >= 0.6 is 15.9 Å². The predicted molar refractivity (Wildman–Crippen MR) is 124 cm³/mol. The molecule has 6 N–H and O–H groups in total. The number of carbonyl (C=O) groups is 3. The summed E-state index contributed by atoms with van der Waals surface area (Å²) < 4.78 is 6.04. The summed E-state index contributed by atoms with van der Waals surface area (Å²) >= 11 is 3.24. The molecule has 170 valence electrons. The minimum atomic E-state index is -1.66. The van der Waals surface area contributed by atoms with Crippen LogP contribution in [0.3, 0.4) is 0 Å². The standard InChI is InChI=1S/C22H18BrN3O7/c1-10-4-2-3-5-13(10)25-15(27)9-33-14-7-6-11(23)8-12(14)16-17(21(29)30)19(24)26-20(28)18(16)22(31)32/h2-8H,9H2,1H3,(H,25,27)(H,29,30)(H,31,32)(H3,24,26,28). The predicted octanol–water partition coefficient (Wildman–Crippen LogP) is 3.11. The minimum absolute atomic E-state index is 0.0202. The molecule has 33 heavy (non-hydrogen) atoms. The van der Waals surface area contributed by atoms with Crippen LogP contribution in [0, 0.1) is 6.92 Å². The van der Waals surface area contributed by atoms with Crippen LogP contribution in [0.25, 0.3) is 11.1 Å². The molecule has 3 rings (SSSR count). The highest BCUT2D eigenvalue weighted by Crippen LogP contribution is 2.37. The zero-order chi connectivity index (χ0) is 24.3. The quantitative estimate of drug-likeness (QED) is 0.319. The molecule has 0 radical (unpaired) electrons. The highest BCUT2D eigenvalue weighted by molar-refractivity contribution is 9.10. The number of amides is 1. The summed E-state index contributed by atoms with van der Waals surface area (Å²) in [4.78, 5) is 50.5. The maximum atomic E-state index is 12.4. The molecule has 0 aliphatic rings. The van der Waals surface area contributed by atoms with Crippen LogP contribution < -0.4 is 21.3 Å². The average Bonchev–Trinajstić information content (AvgIpc) is 2.73. The van der Waals surface area contributed by atoms with E-state index in [4.69, 9.17) is 10.5 Å². The minimum Gasteiger partial charge on any atom is -0.483 e. The number of nitrogens with two attached hydrogens (primary N) is 1. The number of carboxylic acids is 2. The van der Waals surface area contributed by atoms with Crippen LogP contribution in [-0.4, -0.2) is 39.6 Å². The Morgan fingerprint density at radius 3 is 2.39 bits per heavy atom. The molecule has 0 bridgehead atoms. The van der Waals surface area contributed by atoms with Crippen LogP contribution in [-0.2, 0) is 4.79 Å². The zero-order valence-electron chi connectivity index (χ0n) is 17.1. The number of para-hydroxylation sites is 1. The maximum absolute atomic E-state index is 12.4. The largest absolute Gasteiger partial charge is 0.483 e. The lowest BCUT2D eigenvalue weighted by molar-refractivity contribution is -0.118. The second-order valence-corrected chi connectivity index (χ2v) is 7.81. The number of H-pyrrole nitrogens is 1. The van der Waals surface area contributed by atoms with Gasteiger partial charge in [-0.05, 0) is 36.8 Å². The molecule has 0 saturated heterocycles. The molecule has 0 saturated carbocycles. The van der Waals surface area contributed by atoms with Crippen molar-refractivity contribution in [3.05, 3.63) is 74.0 Å². The number of pyridine rings is 1. The van der Waals surface area contributed by atoms with Crippen molar-refractivity contribution in [2.45, 2.75) is 6.92 Å². The van der Waals surface area contributed by atoms with Gasteiger partial charge >= 0.3 is 11.9 Å². The fourth-order valence-electron chi connectivity index (χ4n) is 3.18. The van der Waals surface area contributed by atoms with Crippen molar-refractivity contribution in [3.8, 4) is 16.9 Å². The van der Waals surface area contributed by atoms with Gasteiger partial charge in [0.25, 0.3) is 11.5 Å². The lowest BCUT2D eigenvalue weighted by Gasteiger charge is -2.17. The van der Waals surface area contributed by atoms with Crippen LogP contribution in [0.4, 0.5) is 11.5 Å². The molecule has 0 spiro atoms. The molecule has 0 aliphatic carbocycles. The number of carboxylic acid groups (broad SMARTS) is 2. The Morgan fingerprint density at radius 1 is 1.09 bits per heavy atom. The number of hydrogen-bond donors (Lipinski definition) is 5. The number of ether oxygens (including phenoxy) is 1. The van der Waals surface area contributed by atoms with Gasteiger partial charge in [0.05, 0.1) is 0 Å². The van der Waals surface area contributed by atoms with Gasteiger partial charge < -0.3 is 31.0 Å². The fourth-order valence-corrected chi connectivity index (χ4v) is 3.54. The number of aryl methyl sites for hydroxylation is 1. The van der Waals surface area contributed by atoms with E-state index in [2.05, 4.69) is 21.2 Å². The van der Waals surface area contributed by atoms with Crippen LogP contribution in [0.1, 0.15) is 26.3 Å². The van der Waals surface area contributed by atoms with Crippen LogP contribution in [0.5, 0.6) is 5.75 Å². The monoisotopic (exact) mass is 515 g/mol. The van der Waals surface area contributed by atoms with Crippen LogP contribution in [0.15, 0.2) is 51.7 Å². The summed E-state index contributed by atoms with van der Waals surface area (Å²) in [6.45, 7) is 1.36. The summed E-state index contributed by atoms with van der Waals surface area (Å²) in [6.07, 6.45) is 0. The summed E-state index contributed by atoms with van der Waals surface area (Å²) in [7, 11) is 0. The first-order chi connectivity index (χ1) is 15.6. The van der Waals surface area contributed by atoms with E-state index in [1.807, 2.05) is 24.0 Å². The van der Waals surface area contributed by atoms with Gasteiger partial charge in [0.2, 0.25) is 0 Å². The Labute approximate surface area is 195 Å². The number of hydrogen-bond acceptors (Lipinski definition) is 6. The number of rotatable bonds is 7. The number of aromatic amines is 1. The highest BCUT2D eigenvalue weighted by Gasteiger charge is 2.28. The normalized spacial score (nSPS) is 10.5. The number of nitrogens with one attached hydrogen (secondary N) is 2. The molecule has 0 fully saturated rings. The third kappa shape index (κ3) is 5.04. The third-order valence-electron chi connectivity index (χ3n) is 4.66. The van der Waals surface area contributed by atoms with Gasteiger partial charge in [-0.25, -0.2) is 9.59 Å². The molecule has 1 aromatic heterocycles. The topological polar surface area (TPSA) is 172 Å². The van der Waals surface area contributed by atoms with Crippen LogP contribution in [0.2, 0.25) is 0 Å². The van der Waals surface area contributed by atoms with Crippen molar-refractivity contribution in [2.24, 2.45) is 0 Å². The number of aromatic carboxylic acids is 2.